The first kappa shape index (κ1) is 30.2. The van der Waals surface area contributed by atoms with Gasteiger partial charge in [0.1, 0.15) is 12.6 Å². The molecule has 0 aromatic rings. The number of rotatable bonds is 11. The lowest BCUT2D eigenvalue weighted by molar-refractivity contribution is -0.203. The van der Waals surface area contributed by atoms with Crippen molar-refractivity contribution >= 4 is 47.6 Å². The molecule has 0 bridgehead atoms. The molecule has 1 saturated heterocycles. The van der Waals surface area contributed by atoms with Gasteiger partial charge in [-0.1, -0.05) is 0 Å². The summed E-state index contributed by atoms with van der Waals surface area (Å²) in [5.41, 5.74) is 0. The lowest BCUT2D eigenvalue weighted by atomic mass is 10.00. The van der Waals surface area contributed by atoms with Crippen LogP contribution in [0.1, 0.15) is 48.5 Å². The van der Waals surface area contributed by atoms with Crippen molar-refractivity contribution in [2.45, 2.75) is 89.0 Å². The van der Waals surface area contributed by atoms with Crippen LogP contribution in [-0.4, -0.2) is 88.1 Å². The average molecular weight is 522 g/mol. The molecule has 13 nitrogen and oxygen atoms in total. The highest BCUT2D eigenvalue weighted by atomic mass is 32.2. The smallest absolute Gasteiger partial charge is 0.322 e. The molecular weight excluding hydrogens is 490 g/mol. The molecule has 0 saturated carbocycles. The summed E-state index contributed by atoms with van der Waals surface area (Å²) in [4.78, 5) is 70.9. The predicted octanol–water partition coefficient (Wildman–Crippen LogP) is 0.171. The van der Waals surface area contributed by atoms with Crippen molar-refractivity contribution < 1.29 is 57.6 Å². The molecule has 1 rings (SSSR count). The van der Waals surface area contributed by atoms with E-state index in [4.69, 9.17) is 23.7 Å². The highest BCUT2D eigenvalue weighted by Crippen LogP contribution is 2.41. The molecule has 35 heavy (non-hydrogen) atoms. The lowest BCUT2D eigenvalue weighted by Crippen LogP contribution is -2.58. The Labute approximate surface area is 206 Å². The number of aliphatic carboxylic acids is 1. The third-order valence-corrected chi connectivity index (χ3v) is 6.19. The van der Waals surface area contributed by atoms with Crippen LogP contribution >= 0.6 is 11.8 Å². The van der Waals surface area contributed by atoms with Gasteiger partial charge in [-0.25, -0.2) is 0 Å². The van der Waals surface area contributed by atoms with Crippen LogP contribution in [0.5, 0.6) is 0 Å². The maximum atomic E-state index is 12.0. The zero-order valence-electron chi connectivity index (χ0n) is 20.5. The molecule has 1 fully saturated rings. The number of carbonyl (C=O) groups excluding carboxylic acids is 5. The molecule has 0 aromatic heterocycles. The Balaban J connectivity index is 3.59. The number of carboxylic acid groups (broad SMARTS) is 1. The van der Waals surface area contributed by atoms with E-state index in [0.29, 0.717) is 0 Å². The first-order valence-corrected chi connectivity index (χ1v) is 11.4. The molecule has 6 atom stereocenters. The molecule has 1 heterocycles. The summed E-state index contributed by atoms with van der Waals surface area (Å²) in [5, 5.41) is 11.5. The normalized spacial score (nSPS) is 22.0. The summed E-state index contributed by atoms with van der Waals surface area (Å²) < 4.78 is 25.4. The van der Waals surface area contributed by atoms with Gasteiger partial charge >= 0.3 is 35.8 Å². The lowest BCUT2D eigenvalue weighted by Gasteiger charge is -2.37. The Kier molecular flexibility index (Phi) is 11.0. The summed E-state index contributed by atoms with van der Waals surface area (Å²) in [6, 6.07) is -1.08. The van der Waals surface area contributed by atoms with Crippen molar-refractivity contribution in [1.82, 2.24) is 5.32 Å². The fourth-order valence-electron chi connectivity index (χ4n) is 3.49. The van der Waals surface area contributed by atoms with Gasteiger partial charge in [0.05, 0.1) is 5.37 Å². The number of nitrogens with one attached hydrogen (secondary N) is 1. The van der Waals surface area contributed by atoms with Crippen molar-refractivity contribution in [3.63, 3.8) is 0 Å². The van der Waals surface area contributed by atoms with Crippen LogP contribution in [0.25, 0.3) is 0 Å². The van der Waals surface area contributed by atoms with E-state index >= 15 is 0 Å². The number of thioether (sulfide) groups is 1. The van der Waals surface area contributed by atoms with Crippen LogP contribution in [-0.2, 0) is 52.5 Å². The monoisotopic (exact) mass is 521 g/mol. The average Bonchev–Trinajstić information content (AvgIpc) is 3.00. The molecule has 1 aliphatic rings. The third kappa shape index (κ3) is 9.36. The van der Waals surface area contributed by atoms with E-state index in [1.54, 1.807) is 13.8 Å². The van der Waals surface area contributed by atoms with Crippen molar-refractivity contribution in [1.29, 1.82) is 0 Å². The van der Waals surface area contributed by atoms with Gasteiger partial charge in [-0.15, -0.1) is 11.8 Å². The van der Waals surface area contributed by atoms with Crippen molar-refractivity contribution in [2.75, 3.05) is 6.61 Å². The summed E-state index contributed by atoms with van der Waals surface area (Å²) in [7, 11) is 0. The molecule has 2 N–H and O–H groups in total. The van der Waals surface area contributed by atoms with E-state index in [2.05, 4.69) is 5.32 Å². The second-order valence-corrected chi connectivity index (χ2v) is 10.0. The van der Waals surface area contributed by atoms with E-state index in [1.165, 1.54) is 0 Å². The number of hydrogen-bond acceptors (Lipinski definition) is 13. The van der Waals surface area contributed by atoms with Crippen molar-refractivity contribution in [3.05, 3.63) is 0 Å². The minimum absolute atomic E-state index is 0.577. The first-order valence-electron chi connectivity index (χ1n) is 10.5. The van der Waals surface area contributed by atoms with Gasteiger partial charge in [0.25, 0.3) is 0 Å². The topological polar surface area (TPSA) is 181 Å². The predicted molar refractivity (Wildman–Crippen MR) is 119 cm³/mol. The van der Waals surface area contributed by atoms with Crippen LogP contribution in [0.3, 0.4) is 0 Å². The fourth-order valence-corrected chi connectivity index (χ4v) is 4.99. The van der Waals surface area contributed by atoms with Gasteiger partial charge in [-0.3, -0.25) is 34.1 Å². The van der Waals surface area contributed by atoms with Crippen LogP contribution in [0.15, 0.2) is 0 Å². The number of hydrogen-bond donors (Lipinski definition) is 2. The van der Waals surface area contributed by atoms with E-state index in [-0.39, 0.29) is 0 Å². The quantitative estimate of drug-likeness (QED) is 0.277. The number of carbonyl (C=O) groups is 6. The summed E-state index contributed by atoms with van der Waals surface area (Å²) in [6.45, 7) is 8.07. The Morgan fingerprint density at radius 2 is 1.29 bits per heavy atom. The first-order chi connectivity index (χ1) is 16.0. The number of carboxylic acids is 1. The van der Waals surface area contributed by atoms with E-state index in [0.717, 1.165) is 46.4 Å². The maximum Gasteiger partial charge on any atom is 0.322 e. The third-order valence-electron chi connectivity index (χ3n) is 4.69. The second-order valence-electron chi connectivity index (χ2n) is 8.25. The largest absolute Gasteiger partial charge is 0.480 e. The Hall–Kier alpha value is -2.87. The van der Waals surface area contributed by atoms with Gasteiger partial charge in [0.2, 0.25) is 0 Å². The minimum atomic E-state index is -1.60. The number of esters is 5. The second kappa shape index (κ2) is 12.7. The van der Waals surface area contributed by atoms with Crippen LogP contribution < -0.4 is 5.32 Å². The van der Waals surface area contributed by atoms with Crippen molar-refractivity contribution in [3.8, 4) is 0 Å². The van der Waals surface area contributed by atoms with Gasteiger partial charge in [-0.05, 0) is 13.8 Å². The maximum absolute atomic E-state index is 12.0. The van der Waals surface area contributed by atoms with E-state index in [1.807, 2.05) is 0 Å². The zero-order chi connectivity index (χ0) is 27.1. The highest BCUT2D eigenvalue weighted by Gasteiger charge is 2.54. The Morgan fingerprint density at radius 3 is 1.69 bits per heavy atom. The fraction of sp³-hybridized carbons (Fsp3) is 0.714. The van der Waals surface area contributed by atoms with Crippen LogP contribution in [0, 0.1) is 0 Å². The highest BCUT2D eigenvalue weighted by molar-refractivity contribution is 8.01. The molecule has 0 amide bonds. The molecule has 14 heteroatoms. The van der Waals surface area contributed by atoms with Gasteiger partial charge < -0.3 is 28.8 Å². The molecule has 0 spiro atoms. The molecule has 1 aliphatic heterocycles. The van der Waals surface area contributed by atoms with Crippen LogP contribution in [0.2, 0.25) is 0 Å². The molecule has 0 radical (unpaired) electrons. The van der Waals surface area contributed by atoms with E-state index in [9.17, 15) is 33.9 Å². The van der Waals surface area contributed by atoms with Gasteiger partial charge in [-0.2, -0.15) is 0 Å². The summed E-state index contributed by atoms with van der Waals surface area (Å²) in [5.74, 6) is -5.27. The van der Waals surface area contributed by atoms with Gasteiger partial charge in [0, 0.05) is 39.4 Å². The standard InChI is InChI=1S/C21H31NO12S/c1-9(23)30-8-14(31-10(2)24)15(32-11(3)25)16(33-12(4)26)17(34-13(5)27)19-22-18(20(28)29)21(6,7)35-19/h14-19,22H,8H2,1-7H3,(H,28,29)/t14-,15+,16+,17-,18+,19-/m1/s1. The SMILES string of the molecule is CC(=O)OC[C@@H](OC(C)=O)[C@H](OC(C)=O)[C@H](OC(C)=O)[C@@H](OC(C)=O)[C@@H]1N[C@@H](C(=O)O)C(C)(C)S1. The minimum Gasteiger partial charge on any atom is -0.480 e. The molecular formula is C21H31NO12S. The van der Waals surface area contributed by atoms with Crippen molar-refractivity contribution in [2.24, 2.45) is 0 Å². The summed E-state index contributed by atoms with van der Waals surface area (Å²) >= 11 is 1.10. The van der Waals surface area contributed by atoms with Gasteiger partial charge in [0.15, 0.2) is 24.4 Å². The number of ether oxygens (including phenoxy) is 5. The van der Waals surface area contributed by atoms with Crippen LogP contribution in [0.4, 0.5) is 0 Å². The summed E-state index contributed by atoms with van der Waals surface area (Å²) in [6.07, 6.45) is -6.06. The Morgan fingerprint density at radius 1 is 0.800 bits per heavy atom. The molecule has 198 valence electrons. The molecule has 0 aliphatic carbocycles. The molecule has 0 aromatic carbocycles. The Bertz CT molecular complexity index is 844. The zero-order valence-corrected chi connectivity index (χ0v) is 21.3. The van der Waals surface area contributed by atoms with E-state index < -0.39 is 83.0 Å². The molecule has 0 unspecified atom stereocenters.